The maximum atomic E-state index is 11.0. The Balaban J connectivity index is 2.76. The van der Waals surface area contributed by atoms with Crippen LogP contribution in [0, 0.1) is 4.91 Å². The highest BCUT2D eigenvalue weighted by Crippen LogP contribution is 2.06. The van der Waals surface area contributed by atoms with Crippen LogP contribution < -0.4 is 5.11 Å². The molecule has 15 heavy (non-hydrogen) atoms. The van der Waals surface area contributed by atoms with Crippen LogP contribution in [0.5, 0.6) is 0 Å². The van der Waals surface area contributed by atoms with Crippen molar-refractivity contribution in [1.29, 1.82) is 0 Å². The Labute approximate surface area is 94.6 Å². The standard InChI is InChI=1S/C9H8BrNO4/c10-15-11(14)8(9(12)13)6-7-4-2-1-3-5-7/h1-5,8H,6H2. The van der Waals surface area contributed by atoms with Crippen molar-refractivity contribution in [2.24, 2.45) is 0 Å². The molecule has 0 saturated carbocycles. The maximum absolute atomic E-state index is 11.0. The highest BCUT2D eigenvalue weighted by Gasteiger charge is 2.29. The number of carbonyl (C=O) groups is 1. The van der Waals surface area contributed by atoms with Crippen molar-refractivity contribution in [3.8, 4) is 0 Å². The molecular formula is C9H8BrNO4. The summed E-state index contributed by atoms with van der Waals surface area (Å²) in [7, 11) is 0. The molecule has 1 aromatic carbocycles. The van der Waals surface area contributed by atoms with Crippen LogP contribution in [-0.4, -0.2) is 16.9 Å². The number of nitrogens with zero attached hydrogens (tertiary/aromatic N) is 1. The molecule has 0 heterocycles. The van der Waals surface area contributed by atoms with Gasteiger partial charge in [0.15, 0.2) is 0 Å². The SMILES string of the molecule is O=C([O-])C(Cc1ccccc1)[N+](=O)OBr. The molecule has 0 aromatic heterocycles. The zero-order valence-corrected chi connectivity index (χ0v) is 9.22. The van der Waals surface area contributed by atoms with Crippen molar-refractivity contribution in [3.63, 3.8) is 0 Å². The predicted molar refractivity (Wildman–Crippen MR) is 52.6 cm³/mol. The molecule has 1 unspecified atom stereocenters. The summed E-state index contributed by atoms with van der Waals surface area (Å²) in [6.07, 6.45) is 0.0261. The Morgan fingerprint density at radius 3 is 2.53 bits per heavy atom. The lowest BCUT2D eigenvalue weighted by molar-refractivity contribution is -0.773. The van der Waals surface area contributed by atoms with Gasteiger partial charge in [0, 0.05) is 0 Å². The van der Waals surface area contributed by atoms with E-state index in [1.54, 1.807) is 30.3 Å². The molecule has 0 fully saturated rings. The predicted octanol–water partition coefficient (Wildman–Crippen LogP) is 0.368. The lowest BCUT2D eigenvalue weighted by Crippen LogP contribution is -2.43. The summed E-state index contributed by atoms with van der Waals surface area (Å²) in [5.41, 5.74) is 0.720. The number of benzene rings is 1. The van der Waals surface area contributed by atoms with Gasteiger partial charge in [0.1, 0.15) is 5.97 Å². The van der Waals surface area contributed by atoms with Crippen LogP contribution in [0.15, 0.2) is 30.3 Å². The van der Waals surface area contributed by atoms with Crippen LogP contribution in [-0.2, 0) is 15.1 Å². The Morgan fingerprint density at radius 1 is 1.47 bits per heavy atom. The molecule has 0 aliphatic carbocycles. The first kappa shape index (κ1) is 11.6. The Hall–Kier alpha value is -1.43. The Bertz CT molecular complexity index is 354. The van der Waals surface area contributed by atoms with E-state index in [0.717, 1.165) is 5.56 Å². The van der Waals surface area contributed by atoms with E-state index in [9.17, 15) is 14.8 Å². The fourth-order valence-electron chi connectivity index (χ4n) is 1.13. The van der Waals surface area contributed by atoms with Gasteiger partial charge in [0.05, 0.1) is 11.3 Å². The summed E-state index contributed by atoms with van der Waals surface area (Å²) >= 11 is 2.42. The molecule has 0 radical (unpaired) electrons. The normalized spacial score (nSPS) is 11.8. The number of rotatable bonds is 5. The molecule has 5 nitrogen and oxygen atoms in total. The molecule has 1 atom stereocenters. The van der Waals surface area contributed by atoms with Gasteiger partial charge in [-0.05, 0) is 5.56 Å². The van der Waals surface area contributed by atoms with Crippen LogP contribution in [0.1, 0.15) is 5.56 Å². The van der Waals surface area contributed by atoms with E-state index in [1.807, 2.05) is 0 Å². The number of hydrogen-bond donors (Lipinski definition) is 0. The molecular weight excluding hydrogens is 266 g/mol. The summed E-state index contributed by atoms with van der Waals surface area (Å²) < 4.78 is 4.12. The molecule has 0 spiro atoms. The fourth-order valence-corrected chi connectivity index (χ4v) is 1.33. The number of aliphatic carboxylic acids is 1. The molecule has 6 heteroatoms. The molecule has 0 aliphatic heterocycles. The van der Waals surface area contributed by atoms with Crippen molar-refractivity contribution in [3.05, 3.63) is 40.8 Å². The third kappa shape index (κ3) is 3.32. The third-order valence-corrected chi connectivity index (χ3v) is 2.15. The first-order chi connectivity index (χ1) is 7.15. The van der Waals surface area contributed by atoms with Crippen molar-refractivity contribution < 1.29 is 18.8 Å². The molecule has 80 valence electrons. The van der Waals surface area contributed by atoms with Gasteiger partial charge in [-0.3, -0.25) is 0 Å². The molecule has 0 saturated heterocycles. The number of carbonyl (C=O) groups excluding carboxylic acids is 1. The van der Waals surface area contributed by atoms with E-state index >= 15 is 0 Å². The smallest absolute Gasteiger partial charge is 0.301 e. The average Bonchev–Trinajstić information content (AvgIpc) is 2.26. The molecule has 1 aromatic rings. The second-order valence-electron chi connectivity index (χ2n) is 2.88. The monoisotopic (exact) mass is 273 g/mol. The first-order valence-corrected chi connectivity index (χ1v) is 4.79. The van der Waals surface area contributed by atoms with Crippen LogP contribution in [0.4, 0.5) is 0 Å². The molecule has 0 bridgehead atoms. The molecule has 0 amide bonds. The first-order valence-electron chi connectivity index (χ1n) is 4.15. The van der Waals surface area contributed by atoms with Crippen molar-refractivity contribution in [1.82, 2.24) is 0 Å². The largest absolute Gasteiger partial charge is 0.543 e. The summed E-state index contributed by atoms with van der Waals surface area (Å²) in [5, 5.41) is 10.7. The summed E-state index contributed by atoms with van der Waals surface area (Å²) in [4.78, 5) is 21.6. The minimum atomic E-state index is -1.48. The molecule has 1 rings (SSSR count). The van der Waals surface area contributed by atoms with Crippen LogP contribution in [0.2, 0.25) is 0 Å². The lowest BCUT2D eigenvalue weighted by atomic mass is 10.1. The third-order valence-electron chi connectivity index (χ3n) is 1.87. The van der Waals surface area contributed by atoms with Crippen molar-refractivity contribution in [2.45, 2.75) is 12.5 Å². The van der Waals surface area contributed by atoms with E-state index in [1.165, 1.54) is 0 Å². The highest BCUT2D eigenvalue weighted by atomic mass is 79.9. The number of carboxylic acid groups (broad SMARTS) is 1. The minimum absolute atomic E-state index is 0.0261. The second kappa shape index (κ2) is 5.45. The Kier molecular flexibility index (Phi) is 4.23. The van der Waals surface area contributed by atoms with E-state index in [4.69, 9.17) is 0 Å². The van der Waals surface area contributed by atoms with Crippen LogP contribution in [0.25, 0.3) is 0 Å². The van der Waals surface area contributed by atoms with Crippen molar-refractivity contribution in [2.75, 3.05) is 0 Å². The summed E-state index contributed by atoms with van der Waals surface area (Å²) in [5.74, 6) is -1.48. The van der Waals surface area contributed by atoms with E-state index in [-0.39, 0.29) is 11.3 Å². The van der Waals surface area contributed by atoms with Gasteiger partial charge in [-0.1, -0.05) is 30.3 Å². The number of halogens is 1. The highest BCUT2D eigenvalue weighted by molar-refractivity contribution is 9.05. The van der Waals surface area contributed by atoms with Gasteiger partial charge in [-0.25, -0.2) is 0 Å². The van der Waals surface area contributed by atoms with E-state index in [0.29, 0.717) is 0 Å². The zero-order chi connectivity index (χ0) is 11.3. The van der Waals surface area contributed by atoms with Crippen LogP contribution >= 0.6 is 16.3 Å². The number of carboxylic acids is 1. The van der Waals surface area contributed by atoms with Gasteiger partial charge >= 0.3 is 6.04 Å². The van der Waals surface area contributed by atoms with Gasteiger partial charge in [0.2, 0.25) is 4.92 Å². The second-order valence-corrected chi connectivity index (χ2v) is 3.17. The van der Waals surface area contributed by atoms with Gasteiger partial charge in [-0.2, -0.15) is 0 Å². The summed E-state index contributed by atoms with van der Waals surface area (Å²) in [6.45, 7) is 0. The van der Waals surface area contributed by atoms with Crippen LogP contribution in [0.3, 0.4) is 0 Å². The van der Waals surface area contributed by atoms with E-state index < -0.39 is 12.0 Å². The molecule has 0 aliphatic rings. The lowest BCUT2D eigenvalue weighted by Gasteiger charge is -2.06. The van der Waals surface area contributed by atoms with Gasteiger partial charge in [-0.15, -0.1) is 3.93 Å². The average molecular weight is 274 g/mol. The quantitative estimate of drug-likeness (QED) is 0.727. The van der Waals surface area contributed by atoms with Gasteiger partial charge < -0.3 is 9.90 Å². The molecule has 0 N–H and O–H groups in total. The zero-order valence-electron chi connectivity index (χ0n) is 7.63. The Morgan fingerprint density at radius 2 is 2.07 bits per heavy atom. The van der Waals surface area contributed by atoms with Gasteiger partial charge in [0.25, 0.3) is 16.3 Å². The topological polar surface area (TPSA) is 69.4 Å². The fraction of sp³-hybridized carbons (Fsp3) is 0.222. The van der Waals surface area contributed by atoms with E-state index in [2.05, 4.69) is 20.2 Å². The summed E-state index contributed by atoms with van der Waals surface area (Å²) in [6, 6.07) is 7.38. The number of hydrogen-bond acceptors (Lipinski definition) is 4. The minimum Gasteiger partial charge on any atom is -0.543 e. The maximum Gasteiger partial charge on any atom is 0.301 e. The van der Waals surface area contributed by atoms with Crippen molar-refractivity contribution >= 4 is 22.2 Å².